The highest BCUT2D eigenvalue weighted by atomic mass is 32.2. The van der Waals surface area contributed by atoms with E-state index in [-0.39, 0.29) is 4.90 Å². The topological polar surface area (TPSA) is 75.3 Å². The molecule has 0 atom stereocenters. The maximum atomic E-state index is 11.8. The van der Waals surface area contributed by atoms with Gasteiger partial charge in [-0.05, 0) is 12.1 Å². The van der Waals surface area contributed by atoms with Gasteiger partial charge in [0.2, 0.25) is 5.91 Å². The van der Waals surface area contributed by atoms with E-state index in [4.69, 9.17) is 0 Å². The molecule has 0 aliphatic rings. The normalized spacial score (nSPS) is 12.2. The maximum absolute atomic E-state index is 11.8. The van der Waals surface area contributed by atoms with E-state index in [0.717, 1.165) is 0 Å². The Hall–Kier alpha value is -1.61. The predicted octanol–water partition coefficient (Wildman–Crippen LogP) is 0.643. The summed E-state index contributed by atoms with van der Waals surface area (Å²) in [6, 6.07) is 7.03. The van der Waals surface area contributed by atoms with Crippen LogP contribution in [0.15, 0.2) is 35.2 Å². The van der Waals surface area contributed by atoms with Gasteiger partial charge in [0.05, 0.1) is 18.0 Å². The van der Waals surface area contributed by atoms with Crippen LogP contribution in [0.2, 0.25) is 0 Å². The molecule has 0 aliphatic heterocycles. The van der Waals surface area contributed by atoms with Gasteiger partial charge in [0.15, 0.2) is 0 Å². The first kappa shape index (κ1) is 15.4. The van der Waals surface area contributed by atoms with E-state index in [0.29, 0.717) is 0 Å². The standard InChI is InChI=1S/C10H11F3N2O3S/c11-10(12,13)7-14-6-9(16)15-19(17,18)8-4-2-1-3-5-8/h1-5,14H,6-7H2,(H,15,16). The van der Waals surface area contributed by atoms with Crippen LogP contribution in [0.25, 0.3) is 0 Å². The number of hydrogen-bond acceptors (Lipinski definition) is 4. The van der Waals surface area contributed by atoms with E-state index >= 15 is 0 Å². The third kappa shape index (κ3) is 5.71. The van der Waals surface area contributed by atoms with Crippen LogP contribution in [0.3, 0.4) is 0 Å². The highest BCUT2D eigenvalue weighted by molar-refractivity contribution is 7.90. The Kier molecular flexibility index (Phi) is 4.90. The van der Waals surface area contributed by atoms with Crippen molar-refractivity contribution < 1.29 is 26.4 Å². The minimum Gasteiger partial charge on any atom is -0.300 e. The van der Waals surface area contributed by atoms with E-state index in [1.54, 1.807) is 16.1 Å². The molecule has 106 valence electrons. The van der Waals surface area contributed by atoms with Crippen LogP contribution in [0.5, 0.6) is 0 Å². The highest BCUT2D eigenvalue weighted by Crippen LogP contribution is 2.12. The zero-order valence-corrected chi connectivity index (χ0v) is 10.4. The number of benzene rings is 1. The van der Waals surface area contributed by atoms with Crippen LogP contribution in [0.1, 0.15) is 0 Å². The van der Waals surface area contributed by atoms with Crippen molar-refractivity contribution in [1.82, 2.24) is 10.0 Å². The summed E-state index contributed by atoms with van der Waals surface area (Å²) in [7, 11) is -4.05. The molecule has 2 N–H and O–H groups in total. The van der Waals surface area contributed by atoms with Crippen molar-refractivity contribution in [1.29, 1.82) is 0 Å². The molecule has 0 bridgehead atoms. The Morgan fingerprint density at radius 2 is 1.74 bits per heavy atom. The maximum Gasteiger partial charge on any atom is 0.401 e. The first-order valence-electron chi connectivity index (χ1n) is 5.09. The Balaban J connectivity index is 2.53. The summed E-state index contributed by atoms with van der Waals surface area (Å²) in [5.74, 6) is -1.06. The zero-order chi connectivity index (χ0) is 14.5. The molecule has 1 rings (SSSR count). The van der Waals surface area contributed by atoms with Crippen LogP contribution in [-0.4, -0.2) is 33.6 Å². The van der Waals surface area contributed by atoms with Crippen LogP contribution in [0.4, 0.5) is 13.2 Å². The van der Waals surface area contributed by atoms with Crippen molar-refractivity contribution in [2.75, 3.05) is 13.1 Å². The molecule has 1 amide bonds. The summed E-state index contributed by atoms with van der Waals surface area (Å²) in [5.41, 5.74) is 0. The number of alkyl halides is 3. The molecule has 0 unspecified atom stereocenters. The molecule has 0 radical (unpaired) electrons. The number of carbonyl (C=O) groups excluding carboxylic acids is 1. The van der Waals surface area contributed by atoms with E-state index in [1.807, 2.05) is 0 Å². The van der Waals surface area contributed by atoms with Crippen LogP contribution in [-0.2, 0) is 14.8 Å². The summed E-state index contributed by atoms with van der Waals surface area (Å²) in [5, 5.41) is 1.80. The van der Waals surface area contributed by atoms with Gasteiger partial charge < -0.3 is 5.32 Å². The van der Waals surface area contributed by atoms with Gasteiger partial charge in [0, 0.05) is 0 Å². The Bertz CT molecular complexity index is 529. The van der Waals surface area contributed by atoms with E-state index in [9.17, 15) is 26.4 Å². The first-order valence-corrected chi connectivity index (χ1v) is 6.57. The molecular weight excluding hydrogens is 285 g/mol. The smallest absolute Gasteiger partial charge is 0.300 e. The molecule has 0 heterocycles. The van der Waals surface area contributed by atoms with Gasteiger partial charge in [-0.3, -0.25) is 4.79 Å². The number of halogens is 3. The van der Waals surface area contributed by atoms with E-state index in [2.05, 4.69) is 0 Å². The van der Waals surface area contributed by atoms with Crippen molar-refractivity contribution in [3.63, 3.8) is 0 Å². The molecule has 1 aromatic carbocycles. The van der Waals surface area contributed by atoms with Crippen LogP contribution in [0, 0.1) is 0 Å². The van der Waals surface area contributed by atoms with Crippen molar-refractivity contribution in [3.05, 3.63) is 30.3 Å². The van der Waals surface area contributed by atoms with Gasteiger partial charge in [0.25, 0.3) is 10.0 Å². The van der Waals surface area contributed by atoms with Crippen LogP contribution < -0.4 is 10.0 Å². The fourth-order valence-electron chi connectivity index (χ4n) is 1.16. The summed E-state index contributed by atoms with van der Waals surface area (Å²) >= 11 is 0. The molecule has 0 saturated heterocycles. The van der Waals surface area contributed by atoms with E-state index in [1.165, 1.54) is 24.3 Å². The minimum atomic E-state index is -4.46. The summed E-state index contributed by atoms with van der Waals surface area (Å²) in [4.78, 5) is 11.1. The Morgan fingerprint density at radius 1 is 1.16 bits per heavy atom. The third-order valence-electron chi connectivity index (χ3n) is 1.91. The largest absolute Gasteiger partial charge is 0.401 e. The van der Waals surface area contributed by atoms with Crippen molar-refractivity contribution in [2.45, 2.75) is 11.1 Å². The predicted molar refractivity (Wildman–Crippen MR) is 60.7 cm³/mol. The Labute approximate surface area is 107 Å². The Morgan fingerprint density at radius 3 is 2.26 bits per heavy atom. The molecule has 9 heteroatoms. The number of hydrogen-bond donors (Lipinski definition) is 2. The molecule has 1 aromatic rings. The SMILES string of the molecule is O=C(CNCC(F)(F)F)NS(=O)(=O)c1ccccc1. The summed E-state index contributed by atoms with van der Waals surface area (Å²) < 4.78 is 60.3. The van der Waals surface area contributed by atoms with Gasteiger partial charge in [-0.15, -0.1) is 0 Å². The monoisotopic (exact) mass is 296 g/mol. The average Bonchev–Trinajstić information content (AvgIpc) is 2.27. The minimum absolute atomic E-state index is 0.140. The molecular formula is C10H11F3N2O3S. The first-order chi connectivity index (χ1) is 8.71. The lowest BCUT2D eigenvalue weighted by atomic mass is 10.4. The third-order valence-corrected chi connectivity index (χ3v) is 3.30. The fraction of sp³-hybridized carbons (Fsp3) is 0.300. The van der Waals surface area contributed by atoms with Gasteiger partial charge >= 0.3 is 6.18 Å². The van der Waals surface area contributed by atoms with Gasteiger partial charge in [-0.1, -0.05) is 18.2 Å². The molecule has 5 nitrogen and oxygen atoms in total. The number of amides is 1. The molecule has 19 heavy (non-hydrogen) atoms. The van der Waals surface area contributed by atoms with Gasteiger partial charge in [-0.2, -0.15) is 13.2 Å². The zero-order valence-electron chi connectivity index (χ0n) is 9.57. The fourth-order valence-corrected chi connectivity index (χ4v) is 2.17. The molecule has 0 aromatic heterocycles. The van der Waals surface area contributed by atoms with Crippen LogP contribution >= 0.6 is 0 Å². The highest BCUT2D eigenvalue weighted by Gasteiger charge is 2.27. The van der Waals surface area contributed by atoms with Crippen molar-refractivity contribution in [2.24, 2.45) is 0 Å². The second-order valence-electron chi connectivity index (χ2n) is 3.56. The van der Waals surface area contributed by atoms with Gasteiger partial charge in [0.1, 0.15) is 0 Å². The van der Waals surface area contributed by atoms with Gasteiger partial charge in [-0.25, -0.2) is 13.1 Å². The molecule has 0 aliphatic carbocycles. The quantitative estimate of drug-likeness (QED) is 0.836. The summed E-state index contributed by atoms with van der Waals surface area (Å²) in [6.45, 7) is -2.11. The lowest BCUT2D eigenvalue weighted by Crippen LogP contribution is -2.40. The second kappa shape index (κ2) is 6.02. The molecule has 0 fully saturated rings. The number of rotatable bonds is 5. The van der Waals surface area contributed by atoms with Crippen molar-refractivity contribution >= 4 is 15.9 Å². The number of sulfonamides is 1. The molecule has 0 spiro atoms. The lowest BCUT2D eigenvalue weighted by Gasteiger charge is -2.09. The van der Waals surface area contributed by atoms with E-state index < -0.39 is 35.2 Å². The summed E-state index contributed by atoms with van der Waals surface area (Å²) in [6.07, 6.45) is -4.46. The van der Waals surface area contributed by atoms with Crippen molar-refractivity contribution in [3.8, 4) is 0 Å². The number of carbonyl (C=O) groups is 1. The number of nitrogens with one attached hydrogen (secondary N) is 2. The lowest BCUT2D eigenvalue weighted by molar-refractivity contribution is -0.127. The average molecular weight is 296 g/mol. The molecule has 0 saturated carbocycles. The second-order valence-corrected chi connectivity index (χ2v) is 5.24.